The number of hydrogen-bond donors (Lipinski definition) is 2. The lowest BCUT2D eigenvalue weighted by atomic mass is 10.1. The highest BCUT2D eigenvalue weighted by Gasteiger charge is 2.17. The number of allylic oxidation sites excluding steroid dienone is 3. The molecule has 168 valence electrons. The molecule has 1 aliphatic rings. The molecular weight excluding hydrogens is 434 g/mol. The van der Waals surface area contributed by atoms with Gasteiger partial charge in [-0.15, -0.1) is 11.3 Å². The van der Waals surface area contributed by atoms with Crippen molar-refractivity contribution in [1.82, 2.24) is 15.2 Å². The third-order valence-corrected chi connectivity index (χ3v) is 6.93. The lowest BCUT2D eigenvalue weighted by Crippen LogP contribution is -2.26. The van der Waals surface area contributed by atoms with Gasteiger partial charge >= 0.3 is 0 Å². The van der Waals surface area contributed by atoms with Crippen molar-refractivity contribution < 1.29 is 0 Å². The second kappa shape index (κ2) is 10.8. The second-order valence-corrected chi connectivity index (χ2v) is 9.55. The molecule has 0 fully saturated rings. The maximum absolute atomic E-state index is 5.98. The van der Waals surface area contributed by atoms with Crippen molar-refractivity contribution >= 4 is 38.7 Å². The van der Waals surface area contributed by atoms with Crippen molar-refractivity contribution in [1.29, 1.82) is 0 Å². The van der Waals surface area contributed by atoms with E-state index in [1.165, 1.54) is 37.6 Å². The van der Waals surface area contributed by atoms with Crippen LogP contribution in [-0.4, -0.2) is 17.7 Å². The molecule has 0 aliphatic carbocycles. The van der Waals surface area contributed by atoms with Gasteiger partial charge in [0.15, 0.2) is 0 Å². The van der Waals surface area contributed by atoms with Crippen molar-refractivity contribution in [2.45, 2.75) is 39.8 Å². The molecule has 3 aromatic rings. The summed E-state index contributed by atoms with van der Waals surface area (Å²) in [6.07, 6.45) is 9.19. The highest BCUT2D eigenvalue weighted by molar-refractivity contribution is 7.19. The van der Waals surface area contributed by atoms with Crippen LogP contribution in [0.5, 0.6) is 0 Å². The average Bonchev–Trinajstić information content (AvgIpc) is 3.29. The largest absolute Gasteiger partial charge is 0.388 e. The fourth-order valence-electron chi connectivity index (χ4n) is 3.80. The second-order valence-electron chi connectivity index (χ2n) is 7.86. The summed E-state index contributed by atoms with van der Waals surface area (Å²) in [5.41, 5.74) is 7.15. The zero-order valence-corrected chi connectivity index (χ0v) is 20.9. The fourth-order valence-corrected chi connectivity index (χ4v) is 5.07. The minimum absolute atomic E-state index is 0.507. The lowest BCUT2D eigenvalue weighted by molar-refractivity contribution is 0.659. The predicted octanol–water partition coefficient (Wildman–Crippen LogP) is 7.21. The minimum atomic E-state index is 0.507. The standard InChI is InChI=1S/C19H18ClNS.C8H14N2/c1-5-12(2)18-14(4)21(17-10-13(3)22-19(17)18)11-15-6-8-16(20)9-7-15;1-3-7-6-8(9-2)4-5-10-7/h5-10H,1-2,11H2,3-4H3;4-7,9-10H,3H2,1-2H3. The molecule has 0 radical (unpaired) electrons. The molecule has 1 aliphatic heterocycles. The molecule has 3 heterocycles. The van der Waals surface area contributed by atoms with E-state index in [0.717, 1.165) is 23.6 Å². The number of halogens is 1. The minimum Gasteiger partial charge on any atom is -0.388 e. The van der Waals surface area contributed by atoms with E-state index in [9.17, 15) is 0 Å². The van der Waals surface area contributed by atoms with E-state index in [1.54, 1.807) is 0 Å². The lowest BCUT2D eigenvalue weighted by Gasteiger charge is -2.16. The van der Waals surface area contributed by atoms with Crippen LogP contribution in [0.4, 0.5) is 0 Å². The molecule has 2 aromatic heterocycles. The Hall–Kier alpha value is -2.69. The number of aromatic nitrogens is 1. The van der Waals surface area contributed by atoms with Crippen LogP contribution in [0, 0.1) is 13.8 Å². The number of aryl methyl sites for hydroxylation is 1. The van der Waals surface area contributed by atoms with Crippen LogP contribution >= 0.6 is 22.9 Å². The summed E-state index contributed by atoms with van der Waals surface area (Å²) in [5.74, 6) is 0. The Kier molecular flexibility index (Phi) is 8.05. The van der Waals surface area contributed by atoms with E-state index in [4.69, 9.17) is 11.6 Å². The van der Waals surface area contributed by atoms with Gasteiger partial charge in [-0.2, -0.15) is 0 Å². The van der Waals surface area contributed by atoms with Gasteiger partial charge in [0, 0.05) is 46.5 Å². The van der Waals surface area contributed by atoms with E-state index >= 15 is 0 Å². The van der Waals surface area contributed by atoms with Crippen molar-refractivity contribution in [3.63, 3.8) is 0 Å². The van der Waals surface area contributed by atoms with Crippen molar-refractivity contribution in [2.24, 2.45) is 0 Å². The number of fused-ring (bicyclic) bond motifs is 1. The van der Waals surface area contributed by atoms with Gasteiger partial charge in [0.2, 0.25) is 0 Å². The topological polar surface area (TPSA) is 29.0 Å². The van der Waals surface area contributed by atoms with E-state index < -0.39 is 0 Å². The molecule has 2 N–H and O–H groups in total. The number of likely N-dealkylation sites (N-methyl/N-ethyl adjacent to an activating group) is 1. The Labute approximate surface area is 200 Å². The maximum atomic E-state index is 5.98. The number of nitrogens with one attached hydrogen (secondary N) is 2. The molecule has 32 heavy (non-hydrogen) atoms. The number of benzene rings is 1. The highest BCUT2D eigenvalue weighted by atomic mass is 35.5. The SMILES string of the molecule is C=CC(=C)c1c(C)n(Cc2ccc(Cl)cc2)c2cc(C)sc12.CCC1C=C(NC)C=CN1. The van der Waals surface area contributed by atoms with Crippen LogP contribution in [0.15, 0.2) is 73.6 Å². The summed E-state index contributed by atoms with van der Waals surface area (Å²) in [4.78, 5) is 1.31. The first-order valence-corrected chi connectivity index (χ1v) is 12.0. The van der Waals surface area contributed by atoms with Crippen LogP contribution in [-0.2, 0) is 6.54 Å². The van der Waals surface area contributed by atoms with Crippen molar-refractivity contribution in [3.05, 3.63) is 100 Å². The number of nitrogens with zero attached hydrogens (tertiary/aromatic N) is 1. The third kappa shape index (κ3) is 5.37. The molecular formula is C27H32ClN3S. The molecule has 1 unspecified atom stereocenters. The first-order valence-electron chi connectivity index (χ1n) is 10.9. The summed E-state index contributed by atoms with van der Waals surface area (Å²) >= 11 is 7.80. The average molecular weight is 466 g/mol. The monoisotopic (exact) mass is 465 g/mol. The predicted molar refractivity (Wildman–Crippen MR) is 143 cm³/mol. The first kappa shape index (κ1) is 24.0. The van der Waals surface area contributed by atoms with Crippen LogP contribution in [0.25, 0.3) is 15.8 Å². The number of rotatable bonds is 6. The number of thiophene rings is 1. The molecule has 1 aromatic carbocycles. The summed E-state index contributed by atoms with van der Waals surface area (Å²) < 4.78 is 3.65. The van der Waals surface area contributed by atoms with Crippen LogP contribution < -0.4 is 10.6 Å². The van der Waals surface area contributed by atoms with Gasteiger partial charge in [-0.1, -0.05) is 49.9 Å². The van der Waals surface area contributed by atoms with Crippen molar-refractivity contribution in [2.75, 3.05) is 7.05 Å². The highest BCUT2D eigenvalue weighted by Crippen LogP contribution is 2.37. The van der Waals surface area contributed by atoms with Crippen LogP contribution in [0.1, 0.15) is 35.0 Å². The van der Waals surface area contributed by atoms with Gasteiger partial charge in [0.25, 0.3) is 0 Å². The zero-order chi connectivity index (χ0) is 23.3. The van der Waals surface area contributed by atoms with E-state index in [0.29, 0.717) is 6.04 Å². The fraction of sp³-hybridized carbons (Fsp3) is 0.259. The number of hydrogen-bond acceptors (Lipinski definition) is 3. The van der Waals surface area contributed by atoms with E-state index in [1.807, 2.05) is 48.9 Å². The Morgan fingerprint density at radius 2 is 2.00 bits per heavy atom. The van der Waals surface area contributed by atoms with Gasteiger partial charge in [0.1, 0.15) is 0 Å². The molecule has 1 atom stereocenters. The summed E-state index contributed by atoms with van der Waals surface area (Å²) in [5, 5.41) is 7.11. The van der Waals surface area contributed by atoms with Gasteiger partial charge in [-0.25, -0.2) is 0 Å². The normalized spacial score (nSPS) is 14.9. The van der Waals surface area contributed by atoms with Gasteiger partial charge in [-0.3, -0.25) is 0 Å². The Morgan fingerprint density at radius 1 is 1.28 bits per heavy atom. The van der Waals surface area contributed by atoms with Gasteiger partial charge in [0.05, 0.1) is 10.2 Å². The van der Waals surface area contributed by atoms with Gasteiger partial charge < -0.3 is 15.2 Å². The first-order chi connectivity index (χ1) is 15.4. The van der Waals surface area contributed by atoms with Gasteiger partial charge in [-0.05, 0) is 68.0 Å². The third-order valence-electron chi connectivity index (χ3n) is 5.62. The Morgan fingerprint density at radius 3 is 2.62 bits per heavy atom. The maximum Gasteiger partial charge on any atom is 0.0605 e. The molecule has 5 heteroatoms. The van der Waals surface area contributed by atoms with E-state index in [2.05, 4.69) is 73.4 Å². The molecule has 0 saturated heterocycles. The molecule has 0 saturated carbocycles. The quantitative estimate of drug-likeness (QED) is 0.376. The van der Waals surface area contributed by atoms with Crippen LogP contribution in [0.3, 0.4) is 0 Å². The molecule has 4 rings (SSSR count). The summed E-state index contributed by atoms with van der Waals surface area (Å²) in [7, 11) is 1.94. The molecule has 0 amide bonds. The Bertz CT molecular complexity index is 1160. The molecule has 0 spiro atoms. The zero-order valence-electron chi connectivity index (χ0n) is 19.3. The summed E-state index contributed by atoms with van der Waals surface area (Å²) in [6.45, 7) is 15.3. The molecule has 0 bridgehead atoms. The van der Waals surface area contributed by atoms with Crippen LogP contribution in [0.2, 0.25) is 5.02 Å². The molecule has 3 nitrogen and oxygen atoms in total. The van der Waals surface area contributed by atoms with Crippen molar-refractivity contribution in [3.8, 4) is 0 Å². The number of dihydropyridines is 1. The van der Waals surface area contributed by atoms with E-state index in [-0.39, 0.29) is 0 Å². The summed E-state index contributed by atoms with van der Waals surface area (Å²) in [6, 6.07) is 10.8. The smallest absolute Gasteiger partial charge is 0.0605 e. The Balaban J connectivity index is 0.000000243.